The van der Waals surface area contributed by atoms with Crippen molar-refractivity contribution in [3.8, 4) is 11.1 Å². The molecule has 0 aromatic heterocycles. The third-order valence-corrected chi connectivity index (χ3v) is 4.87. The van der Waals surface area contributed by atoms with Gasteiger partial charge in [0.1, 0.15) is 17.5 Å². The highest BCUT2D eigenvalue weighted by Crippen LogP contribution is 2.34. The Balaban J connectivity index is 2.02. The predicted octanol–water partition coefficient (Wildman–Crippen LogP) is 5.34. The molecule has 2 nitrogen and oxygen atoms in total. The Morgan fingerprint density at radius 1 is 0.923 bits per heavy atom. The molecule has 3 rings (SSSR count). The van der Waals surface area contributed by atoms with E-state index in [1.54, 1.807) is 6.07 Å². The fourth-order valence-corrected chi connectivity index (χ4v) is 3.47. The molecule has 26 heavy (non-hydrogen) atoms. The summed E-state index contributed by atoms with van der Waals surface area (Å²) in [7, 11) is 0. The molecule has 136 valence electrons. The minimum absolute atomic E-state index is 0.0690. The van der Waals surface area contributed by atoms with Crippen LogP contribution in [-0.4, -0.2) is 11.6 Å². The van der Waals surface area contributed by atoms with Crippen LogP contribution < -0.4 is 0 Å². The zero-order valence-electron chi connectivity index (χ0n) is 14.4. The first-order valence-electron chi connectivity index (χ1n) is 8.67. The van der Waals surface area contributed by atoms with Gasteiger partial charge in [-0.25, -0.2) is 0 Å². The number of rotatable bonds is 3. The van der Waals surface area contributed by atoms with Gasteiger partial charge in [-0.2, -0.15) is 13.2 Å². The SMILES string of the molecule is CCc1ccc(-c2ccc(C(F)(F)F)cc2)cc1C1C(=O)CCCC1=O. The van der Waals surface area contributed by atoms with Crippen LogP contribution in [0.1, 0.15) is 48.8 Å². The average molecular weight is 360 g/mol. The number of benzene rings is 2. The highest BCUT2D eigenvalue weighted by atomic mass is 19.4. The van der Waals surface area contributed by atoms with Gasteiger partial charge in [-0.3, -0.25) is 9.59 Å². The Morgan fingerprint density at radius 3 is 2.04 bits per heavy atom. The first kappa shape index (κ1) is 18.4. The van der Waals surface area contributed by atoms with Crippen LogP contribution in [0.3, 0.4) is 0 Å². The number of halogens is 3. The molecule has 0 unspecified atom stereocenters. The standard InChI is InChI=1S/C21H19F3O2/c1-2-13-6-7-15(14-8-10-16(11-9-14)21(22,23)24)12-17(13)20-18(25)4-3-5-19(20)26/h6-12,20H,2-5H2,1H3. The first-order valence-corrected chi connectivity index (χ1v) is 8.67. The van der Waals surface area contributed by atoms with Crippen molar-refractivity contribution in [3.05, 3.63) is 59.2 Å². The highest BCUT2D eigenvalue weighted by Gasteiger charge is 2.33. The van der Waals surface area contributed by atoms with Crippen molar-refractivity contribution in [2.75, 3.05) is 0 Å². The van der Waals surface area contributed by atoms with E-state index in [0.717, 1.165) is 17.7 Å². The van der Waals surface area contributed by atoms with E-state index >= 15 is 0 Å². The molecule has 0 saturated heterocycles. The quantitative estimate of drug-likeness (QED) is 0.693. The molecular formula is C21H19F3O2. The number of carbonyl (C=O) groups is 2. The molecule has 0 spiro atoms. The van der Waals surface area contributed by atoms with Crippen molar-refractivity contribution in [1.29, 1.82) is 0 Å². The topological polar surface area (TPSA) is 34.1 Å². The average Bonchev–Trinajstić information content (AvgIpc) is 2.61. The number of alkyl halides is 3. The molecule has 5 heteroatoms. The molecule has 1 aliphatic carbocycles. The molecular weight excluding hydrogens is 341 g/mol. The Hall–Kier alpha value is -2.43. The van der Waals surface area contributed by atoms with Crippen LogP contribution in [-0.2, 0) is 22.2 Å². The maximum absolute atomic E-state index is 12.7. The summed E-state index contributed by atoms with van der Waals surface area (Å²) in [5.41, 5.74) is 2.24. The van der Waals surface area contributed by atoms with Gasteiger partial charge in [0, 0.05) is 12.8 Å². The molecule has 0 amide bonds. The van der Waals surface area contributed by atoms with E-state index < -0.39 is 17.7 Å². The summed E-state index contributed by atoms with van der Waals surface area (Å²) in [6.45, 7) is 1.95. The molecule has 0 bridgehead atoms. The summed E-state index contributed by atoms with van der Waals surface area (Å²) >= 11 is 0. The molecule has 2 aromatic rings. The third-order valence-electron chi connectivity index (χ3n) is 4.87. The monoisotopic (exact) mass is 360 g/mol. The van der Waals surface area contributed by atoms with Gasteiger partial charge in [0.15, 0.2) is 0 Å². The van der Waals surface area contributed by atoms with E-state index in [0.29, 0.717) is 42.4 Å². The smallest absolute Gasteiger partial charge is 0.299 e. The van der Waals surface area contributed by atoms with E-state index in [-0.39, 0.29) is 11.6 Å². The van der Waals surface area contributed by atoms with Crippen LogP contribution >= 0.6 is 0 Å². The minimum Gasteiger partial charge on any atom is -0.299 e. The second kappa shape index (κ2) is 7.06. The molecule has 0 atom stereocenters. The Labute approximate surface area is 150 Å². The summed E-state index contributed by atoms with van der Waals surface area (Å²) in [5.74, 6) is -0.880. The highest BCUT2D eigenvalue weighted by molar-refractivity contribution is 6.09. The first-order chi connectivity index (χ1) is 12.3. The lowest BCUT2D eigenvalue weighted by molar-refractivity contribution is -0.137. The second-order valence-corrected chi connectivity index (χ2v) is 6.56. The van der Waals surface area contributed by atoms with E-state index in [4.69, 9.17) is 0 Å². The van der Waals surface area contributed by atoms with E-state index in [2.05, 4.69) is 0 Å². The largest absolute Gasteiger partial charge is 0.416 e. The number of carbonyl (C=O) groups excluding carboxylic acids is 2. The molecule has 0 aliphatic heterocycles. The van der Waals surface area contributed by atoms with E-state index in [9.17, 15) is 22.8 Å². The number of hydrogen-bond acceptors (Lipinski definition) is 2. The molecule has 1 aliphatic rings. The lowest BCUT2D eigenvalue weighted by Crippen LogP contribution is -2.27. The Kier molecular flexibility index (Phi) is 4.99. The second-order valence-electron chi connectivity index (χ2n) is 6.56. The van der Waals surface area contributed by atoms with Crippen molar-refractivity contribution in [2.24, 2.45) is 0 Å². The Morgan fingerprint density at radius 2 is 1.50 bits per heavy atom. The maximum Gasteiger partial charge on any atom is 0.416 e. The molecule has 1 saturated carbocycles. The Bertz CT molecular complexity index is 819. The van der Waals surface area contributed by atoms with Crippen LogP contribution in [0.25, 0.3) is 11.1 Å². The normalized spacial score (nSPS) is 16.2. The van der Waals surface area contributed by atoms with E-state index in [1.165, 1.54) is 12.1 Å². The van der Waals surface area contributed by atoms with Crippen molar-refractivity contribution in [3.63, 3.8) is 0 Å². The van der Waals surface area contributed by atoms with Gasteiger partial charge in [-0.05, 0) is 53.3 Å². The van der Waals surface area contributed by atoms with E-state index in [1.807, 2.05) is 19.1 Å². The van der Waals surface area contributed by atoms with Crippen LogP contribution in [0.4, 0.5) is 13.2 Å². The van der Waals surface area contributed by atoms with Crippen molar-refractivity contribution >= 4 is 11.6 Å². The fourth-order valence-electron chi connectivity index (χ4n) is 3.47. The molecule has 0 radical (unpaired) electrons. The third kappa shape index (κ3) is 3.57. The lowest BCUT2D eigenvalue weighted by atomic mass is 9.79. The number of hydrogen-bond donors (Lipinski definition) is 0. The van der Waals surface area contributed by atoms with Gasteiger partial charge in [0.2, 0.25) is 0 Å². The number of ketones is 2. The summed E-state index contributed by atoms with van der Waals surface area (Å²) in [6.07, 6.45) is -2.32. The fraction of sp³-hybridized carbons (Fsp3) is 0.333. The molecule has 0 N–H and O–H groups in total. The lowest BCUT2D eigenvalue weighted by Gasteiger charge is -2.23. The number of Topliss-reactive ketones (excluding diaryl/α,β-unsaturated/α-hetero) is 2. The van der Waals surface area contributed by atoms with Crippen molar-refractivity contribution in [2.45, 2.75) is 44.7 Å². The van der Waals surface area contributed by atoms with Crippen LogP contribution in [0.5, 0.6) is 0 Å². The van der Waals surface area contributed by atoms with Gasteiger partial charge >= 0.3 is 6.18 Å². The molecule has 0 heterocycles. The summed E-state index contributed by atoms with van der Waals surface area (Å²) in [6, 6.07) is 10.4. The predicted molar refractivity (Wildman–Crippen MR) is 92.9 cm³/mol. The maximum atomic E-state index is 12.7. The van der Waals surface area contributed by atoms with Crippen molar-refractivity contribution in [1.82, 2.24) is 0 Å². The summed E-state index contributed by atoms with van der Waals surface area (Å²) in [4.78, 5) is 24.7. The zero-order valence-corrected chi connectivity index (χ0v) is 14.4. The zero-order chi connectivity index (χ0) is 18.9. The van der Waals surface area contributed by atoms with Gasteiger partial charge in [-0.1, -0.05) is 31.2 Å². The van der Waals surface area contributed by atoms with Gasteiger partial charge < -0.3 is 0 Å². The van der Waals surface area contributed by atoms with Crippen LogP contribution in [0, 0.1) is 0 Å². The summed E-state index contributed by atoms with van der Waals surface area (Å²) < 4.78 is 38.2. The minimum atomic E-state index is -4.38. The van der Waals surface area contributed by atoms with Gasteiger partial charge in [-0.15, -0.1) is 0 Å². The van der Waals surface area contributed by atoms with Gasteiger partial charge in [0.05, 0.1) is 5.56 Å². The molecule has 1 fully saturated rings. The van der Waals surface area contributed by atoms with Gasteiger partial charge in [0.25, 0.3) is 0 Å². The summed E-state index contributed by atoms with van der Waals surface area (Å²) in [5, 5.41) is 0. The van der Waals surface area contributed by atoms with Crippen LogP contribution in [0.2, 0.25) is 0 Å². The van der Waals surface area contributed by atoms with Crippen LogP contribution in [0.15, 0.2) is 42.5 Å². The molecule has 2 aromatic carbocycles. The van der Waals surface area contributed by atoms with Crippen molar-refractivity contribution < 1.29 is 22.8 Å². The number of aryl methyl sites for hydroxylation is 1.